The molecular formula is C25H30N2O4S. The maximum absolute atomic E-state index is 13.4. The van der Waals surface area contributed by atoms with Crippen LogP contribution in [0, 0.1) is 0 Å². The van der Waals surface area contributed by atoms with Gasteiger partial charge in [-0.05, 0) is 43.4 Å². The zero-order valence-electron chi connectivity index (χ0n) is 18.1. The number of thioether (sulfide) groups is 1. The third-order valence-corrected chi connectivity index (χ3v) is 7.28. The molecule has 2 aromatic rings. The fourth-order valence-electron chi connectivity index (χ4n) is 4.51. The first-order valence-corrected chi connectivity index (χ1v) is 12.3. The second-order valence-electron chi connectivity index (χ2n) is 8.32. The molecule has 2 saturated heterocycles. The minimum Gasteiger partial charge on any atom is -0.445 e. The highest BCUT2D eigenvalue weighted by molar-refractivity contribution is 7.99. The topological polar surface area (TPSA) is 70.1 Å². The molecule has 1 unspecified atom stereocenters. The van der Waals surface area contributed by atoms with Gasteiger partial charge in [0.05, 0.1) is 12.1 Å². The average Bonchev–Trinajstić information content (AvgIpc) is 3.52. The largest absolute Gasteiger partial charge is 0.445 e. The zero-order valence-corrected chi connectivity index (χ0v) is 19.0. The van der Waals surface area contributed by atoms with Gasteiger partial charge in [0, 0.05) is 23.7 Å². The van der Waals surface area contributed by atoms with Crippen molar-refractivity contribution in [1.82, 2.24) is 9.80 Å². The van der Waals surface area contributed by atoms with Gasteiger partial charge in [0.15, 0.2) is 0 Å². The highest BCUT2D eigenvalue weighted by Crippen LogP contribution is 2.29. The Morgan fingerprint density at radius 3 is 2.38 bits per heavy atom. The molecule has 170 valence electrons. The van der Waals surface area contributed by atoms with Crippen molar-refractivity contribution in [2.24, 2.45) is 0 Å². The van der Waals surface area contributed by atoms with Crippen LogP contribution in [0.3, 0.4) is 0 Å². The van der Waals surface area contributed by atoms with Gasteiger partial charge in [-0.3, -0.25) is 9.69 Å². The molecule has 7 heteroatoms. The van der Waals surface area contributed by atoms with Crippen LogP contribution in [0.1, 0.15) is 31.2 Å². The van der Waals surface area contributed by atoms with Crippen LogP contribution in [0.2, 0.25) is 0 Å². The van der Waals surface area contributed by atoms with Gasteiger partial charge in [-0.25, -0.2) is 4.79 Å². The Kier molecular flexibility index (Phi) is 7.71. The average molecular weight is 455 g/mol. The van der Waals surface area contributed by atoms with Crippen molar-refractivity contribution in [1.29, 1.82) is 0 Å². The number of hydrogen-bond acceptors (Lipinski definition) is 5. The highest BCUT2D eigenvalue weighted by Gasteiger charge is 2.42. The number of nitrogens with zero attached hydrogens (tertiary/aromatic N) is 2. The van der Waals surface area contributed by atoms with E-state index in [-0.39, 0.29) is 18.6 Å². The van der Waals surface area contributed by atoms with E-state index in [0.717, 1.165) is 29.7 Å². The predicted octanol–water partition coefficient (Wildman–Crippen LogP) is 3.93. The quantitative estimate of drug-likeness (QED) is 0.642. The Hall–Kier alpha value is -2.51. The van der Waals surface area contributed by atoms with Crippen LogP contribution in [-0.2, 0) is 16.1 Å². The Balaban J connectivity index is 1.34. The number of hydrogen-bond donors (Lipinski definition) is 1. The van der Waals surface area contributed by atoms with E-state index in [2.05, 4.69) is 0 Å². The summed E-state index contributed by atoms with van der Waals surface area (Å²) in [6.45, 7) is 1.34. The van der Waals surface area contributed by atoms with E-state index < -0.39 is 18.2 Å². The number of aliphatic hydroxyl groups is 1. The number of rotatable bonds is 7. The maximum Gasteiger partial charge on any atom is 0.410 e. The van der Waals surface area contributed by atoms with Crippen LogP contribution < -0.4 is 0 Å². The molecule has 0 radical (unpaired) electrons. The summed E-state index contributed by atoms with van der Waals surface area (Å²) < 4.78 is 5.48. The van der Waals surface area contributed by atoms with Gasteiger partial charge in [0.25, 0.3) is 0 Å². The third-order valence-electron chi connectivity index (χ3n) is 6.17. The molecule has 0 spiro atoms. The minimum absolute atomic E-state index is 0.0644. The monoisotopic (exact) mass is 454 g/mol. The smallest absolute Gasteiger partial charge is 0.410 e. The molecule has 0 bridgehead atoms. The van der Waals surface area contributed by atoms with Crippen molar-refractivity contribution in [3.63, 3.8) is 0 Å². The summed E-state index contributed by atoms with van der Waals surface area (Å²) in [5.41, 5.74) is 0.918. The zero-order chi connectivity index (χ0) is 22.3. The van der Waals surface area contributed by atoms with Crippen molar-refractivity contribution < 1.29 is 19.4 Å². The lowest BCUT2D eigenvalue weighted by molar-refractivity contribution is -0.138. The molecule has 2 aromatic carbocycles. The molecule has 0 aromatic heterocycles. The van der Waals surface area contributed by atoms with Crippen LogP contribution in [0.25, 0.3) is 0 Å². The number of carbonyl (C=O) groups is 2. The molecule has 1 N–H and O–H groups in total. The molecule has 3 atom stereocenters. The fraction of sp³-hybridized carbons (Fsp3) is 0.440. The Labute approximate surface area is 193 Å². The van der Waals surface area contributed by atoms with Gasteiger partial charge in [0.1, 0.15) is 12.6 Å². The lowest BCUT2D eigenvalue weighted by Gasteiger charge is -2.33. The minimum atomic E-state index is -0.605. The molecule has 0 aliphatic carbocycles. The lowest BCUT2D eigenvalue weighted by atomic mass is 10.1. The molecule has 2 aliphatic heterocycles. The summed E-state index contributed by atoms with van der Waals surface area (Å²) in [5.74, 6) is 0.469. The molecule has 4 rings (SSSR count). The van der Waals surface area contributed by atoms with Gasteiger partial charge in [-0.2, -0.15) is 0 Å². The van der Waals surface area contributed by atoms with Gasteiger partial charge in [-0.15, -0.1) is 11.8 Å². The van der Waals surface area contributed by atoms with E-state index in [4.69, 9.17) is 4.74 Å². The Morgan fingerprint density at radius 2 is 1.62 bits per heavy atom. The summed E-state index contributed by atoms with van der Waals surface area (Å²) in [7, 11) is 0. The van der Waals surface area contributed by atoms with Crippen molar-refractivity contribution in [3.8, 4) is 0 Å². The van der Waals surface area contributed by atoms with Crippen LogP contribution >= 0.6 is 11.8 Å². The number of ether oxygens (including phenoxy) is 1. The van der Waals surface area contributed by atoms with Gasteiger partial charge in [-0.1, -0.05) is 48.5 Å². The number of amides is 2. The van der Waals surface area contributed by atoms with Crippen LogP contribution in [0.5, 0.6) is 0 Å². The standard InChI is InChI=1S/C25H30N2O4S/c28-23(18-32-20-11-5-2-6-12-20)21-13-7-15-26(21)24(29)22-14-8-16-27(22)25(30)31-17-19-9-3-1-4-10-19/h1-6,9-12,21-23,28H,7-8,13-18H2/t21-,22+,23?/m0/s1. The second-order valence-corrected chi connectivity index (χ2v) is 9.42. The predicted molar refractivity (Wildman–Crippen MR) is 124 cm³/mol. The highest BCUT2D eigenvalue weighted by atomic mass is 32.2. The number of likely N-dealkylation sites (tertiary alicyclic amines) is 2. The maximum atomic E-state index is 13.4. The van der Waals surface area contributed by atoms with E-state index in [9.17, 15) is 14.7 Å². The Morgan fingerprint density at radius 1 is 0.969 bits per heavy atom. The third kappa shape index (κ3) is 5.45. The van der Waals surface area contributed by atoms with E-state index >= 15 is 0 Å². The number of carbonyl (C=O) groups excluding carboxylic acids is 2. The molecule has 6 nitrogen and oxygen atoms in total. The first-order valence-electron chi connectivity index (χ1n) is 11.3. The summed E-state index contributed by atoms with van der Waals surface area (Å²) in [4.78, 5) is 30.5. The summed E-state index contributed by atoms with van der Waals surface area (Å²) in [6.07, 6.45) is 2.02. The van der Waals surface area contributed by atoms with Gasteiger partial charge in [0.2, 0.25) is 5.91 Å². The normalized spacial score (nSPS) is 21.5. The number of benzene rings is 2. The van der Waals surface area contributed by atoms with E-state index in [0.29, 0.717) is 25.3 Å². The molecule has 2 aliphatic rings. The van der Waals surface area contributed by atoms with Crippen molar-refractivity contribution in [2.45, 2.75) is 55.4 Å². The fourth-order valence-corrected chi connectivity index (χ4v) is 5.45. The first-order chi connectivity index (χ1) is 15.6. The number of aliphatic hydroxyl groups excluding tert-OH is 1. The van der Waals surface area contributed by atoms with Gasteiger partial charge < -0.3 is 14.7 Å². The van der Waals surface area contributed by atoms with Crippen LogP contribution in [0.15, 0.2) is 65.6 Å². The van der Waals surface area contributed by atoms with E-state index in [1.54, 1.807) is 21.6 Å². The lowest BCUT2D eigenvalue weighted by Crippen LogP contribution is -2.52. The molecule has 0 saturated carbocycles. The second kappa shape index (κ2) is 10.9. The SMILES string of the molecule is O=C(OCc1ccccc1)N1CCC[C@@H]1C(=O)N1CCC[C@H]1C(O)CSc1ccccc1. The van der Waals surface area contributed by atoms with Crippen molar-refractivity contribution >= 4 is 23.8 Å². The summed E-state index contributed by atoms with van der Waals surface area (Å²) in [5, 5.41) is 10.8. The molecule has 2 amide bonds. The first kappa shape index (κ1) is 22.7. The molecular weight excluding hydrogens is 424 g/mol. The molecule has 2 fully saturated rings. The van der Waals surface area contributed by atoms with Crippen molar-refractivity contribution in [2.75, 3.05) is 18.8 Å². The Bertz CT molecular complexity index is 895. The molecule has 2 heterocycles. The summed E-state index contributed by atoms with van der Waals surface area (Å²) in [6, 6.07) is 18.8. The van der Waals surface area contributed by atoms with E-state index in [1.807, 2.05) is 60.7 Å². The van der Waals surface area contributed by atoms with E-state index in [1.165, 1.54) is 0 Å². The van der Waals surface area contributed by atoms with Gasteiger partial charge >= 0.3 is 6.09 Å². The van der Waals surface area contributed by atoms with Crippen LogP contribution in [0.4, 0.5) is 4.79 Å². The van der Waals surface area contributed by atoms with Crippen molar-refractivity contribution in [3.05, 3.63) is 66.2 Å². The van der Waals surface area contributed by atoms with Crippen LogP contribution in [-0.4, -0.2) is 63.9 Å². The summed E-state index contributed by atoms with van der Waals surface area (Å²) >= 11 is 1.60. The molecule has 32 heavy (non-hydrogen) atoms.